The number of nitrogens with zero attached hydrogens (tertiary/aromatic N) is 3. The second kappa shape index (κ2) is 4.76. The van der Waals surface area contributed by atoms with Crippen molar-refractivity contribution < 1.29 is 0 Å². The van der Waals surface area contributed by atoms with Crippen molar-refractivity contribution in [1.29, 1.82) is 0 Å². The quantitative estimate of drug-likeness (QED) is 0.935. The Kier molecular flexibility index (Phi) is 3.36. The average Bonchev–Trinajstić information content (AvgIpc) is 2.61. The molecule has 0 spiro atoms. The number of benzene rings is 1. The highest BCUT2D eigenvalue weighted by atomic mass is 79.9. The van der Waals surface area contributed by atoms with Crippen LogP contribution in [0.15, 0.2) is 28.9 Å². The molecule has 1 heterocycles. The Bertz CT molecular complexity index is 456. The van der Waals surface area contributed by atoms with Crippen LogP contribution in [0, 0.1) is 0 Å². The van der Waals surface area contributed by atoms with E-state index < -0.39 is 0 Å². The first-order chi connectivity index (χ1) is 7.72. The number of nitrogens with one attached hydrogen (secondary N) is 1. The summed E-state index contributed by atoms with van der Waals surface area (Å²) in [7, 11) is 3.82. The van der Waals surface area contributed by atoms with Gasteiger partial charge in [0.25, 0.3) is 0 Å². The van der Waals surface area contributed by atoms with Gasteiger partial charge in [0.2, 0.25) is 0 Å². The molecule has 0 atom stereocenters. The molecule has 0 unspecified atom stereocenters. The Balaban J connectivity index is 2.35. The number of aromatic nitrogens is 3. The molecule has 1 aromatic heterocycles. The summed E-state index contributed by atoms with van der Waals surface area (Å²) in [5.41, 5.74) is 3.37. The SMILES string of the molecule is CNCc1ccc(-c2c(Br)nnn2C)cc1. The van der Waals surface area contributed by atoms with E-state index in [1.807, 2.05) is 14.1 Å². The van der Waals surface area contributed by atoms with Crippen LogP contribution in [0.3, 0.4) is 0 Å². The highest BCUT2D eigenvalue weighted by Gasteiger charge is 2.09. The Morgan fingerprint density at radius 2 is 2.00 bits per heavy atom. The van der Waals surface area contributed by atoms with Crippen molar-refractivity contribution in [3.8, 4) is 11.3 Å². The van der Waals surface area contributed by atoms with Crippen LogP contribution >= 0.6 is 15.9 Å². The fraction of sp³-hybridized carbons (Fsp3) is 0.273. The zero-order chi connectivity index (χ0) is 11.5. The predicted molar refractivity (Wildman–Crippen MR) is 66.9 cm³/mol. The molecule has 2 rings (SSSR count). The molecular weight excluding hydrogens is 268 g/mol. The van der Waals surface area contributed by atoms with Crippen molar-refractivity contribution in [2.45, 2.75) is 6.54 Å². The second-order valence-corrected chi connectivity index (χ2v) is 4.33. The number of halogens is 1. The van der Waals surface area contributed by atoms with Crippen LogP contribution in [-0.2, 0) is 13.6 Å². The molecule has 0 saturated carbocycles. The van der Waals surface area contributed by atoms with Crippen LogP contribution in [0.4, 0.5) is 0 Å². The van der Waals surface area contributed by atoms with Crippen LogP contribution in [0.2, 0.25) is 0 Å². The van der Waals surface area contributed by atoms with Gasteiger partial charge in [-0.25, -0.2) is 4.68 Å². The highest BCUT2D eigenvalue weighted by Crippen LogP contribution is 2.25. The average molecular weight is 281 g/mol. The second-order valence-electron chi connectivity index (χ2n) is 3.58. The van der Waals surface area contributed by atoms with E-state index in [0.717, 1.165) is 22.4 Å². The van der Waals surface area contributed by atoms with Gasteiger partial charge in [-0.05, 0) is 28.5 Å². The van der Waals surface area contributed by atoms with E-state index in [9.17, 15) is 0 Å². The van der Waals surface area contributed by atoms with Crippen molar-refractivity contribution >= 4 is 15.9 Å². The molecule has 0 radical (unpaired) electrons. The van der Waals surface area contributed by atoms with Gasteiger partial charge >= 0.3 is 0 Å². The van der Waals surface area contributed by atoms with Gasteiger partial charge in [-0.15, -0.1) is 5.10 Å². The molecule has 5 heteroatoms. The first-order valence-electron chi connectivity index (χ1n) is 5.01. The predicted octanol–water partition coefficient (Wildman–Crippen LogP) is 1.96. The lowest BCUT2D eigenvalue weighted by Gasteiger charge is -2.04. The van der Waals surface area contributed by atoms with Crippen LogP contribution in [0.5, 0.6) is 0 Å². The summed E-state index contributed by atoms with van der Waals surface area (Å²) in [6, 6.07) is 8.36. The molecule has 4 nitrogen and oxygen atoms in total. The molecule has 0 fully saturated rings. The number of hydrogen-bond donors (Lipinski definition) is 1. The molecule has 0 aliphatic rings. The normalized spacial score (nSPS) is 10.7. The van der Waals surface area contributed by atoms with E-state index in [1.165, 1.54) is 5.56 Å². The highest BCUT2D eigenvalue weighted by molar-refractivity contribution is 9.10. The van der Waals surface area contributed by atoms with Crippen molar-refractivity contribution in [3.05, 3.63) is 34.4 Å². The van der Waals surface area contributed by atoms with Crippen LogP contribution < -0.4 is 5.32 Å². The zero-order valence-electron chi connectivity index (χ0n) is 9.24. The van der Waals surface area contributed by atoms with Crippen LogP contribution in [0.1, 0.15) is 5.56 Å². The molecule has 0 aliphatic heterocycles. The maximum atomic E-state index is 3.97. The third-order valence-electron chi connectivity index (χ3n) is 2.39. The number of hydrogen-bond acceptors (Lipinski definition) is 3. The van der Waals surface area contributed by atoms with E-state index in [0.29, 0.717) is 0 Å². The molecule has 2 aromatic rings. The summed E-state index contributed by atoms with van der Waals surface area (Å²) in [5, 5.41) is 11.0. The van der Waals surface area contributed by atoms with E-state index >= 15 is 0 Å². The molecule has 84 valence electrons. The standard InChI is InChI=1S/C11H13BrN4/c1-13-7-8-3-5-9(6-4-8)10-11(12)14-15-16(10)2/h3-6,13H,7H2,1-2H3. The van der Waals surface area contributed by atoms with Gasteiger partial charge in [-0.1, -0.05) is 29.5 Å². The monoisotopic (exact) mass is 280 g/mol. The summed E-state index contributed by atoms with van der Waals surface area (Å²) < 4.78 is 2.54. The third-order valence-corrected chi connectivity index (χ3v) is 2.93. The van der Waals surface area contributed by atoms with Crippen molar-refractivity contribution in [2.75, 3.05) is 7.05 Å². The van der Waals surface area contributed by atoms with Crippen LogP contribution in [0.25, 0.3) is 11.3 Å². The lowest BCUT2D eigenvalue weighted by atomic mass is 10.1. The Morgan fingerprint density at radius 1 is 1.31 bits per heavy atom. The maximum Gasteiger partial charge on any atom is 0.156 e. The van der Waals surface area contributed by atoms with Crippen molar-refractivity contribution in [3.63, 3.8) is 0 Å². The van der Waals surface area contributed by atoms with Crippen molar-refractivity contribution in [2.24, 2.45) is 7.05 Å². The topological polar surface area (TPSA) is 42.7 Å². The summed E-state index contributed by atoms with van der Waals surface area (Å²) in [4.78, 5) is 0. The Morgan fingerprint density at radius 3 is 2.50 bits per heavy atom. The molecule has 1 N–H and O–H groups in total. The molecular formula is C11H13BrN4. The van der Waals surface area contributed by atoms with E-state index in [1.54, 1.807) is 4.68 Å². The Labute approximate surface area is 103 Å². The third kappa shape index (κ3) is 2.15. The van der Waals surface area contributed by atoms with Gasteiger partial charge in [0, 0.05) is 19.2 Å². The molecule has 0 saturated heterocycles. The van der Waals surface area contributed by atoms with Gasteiger partial charge in [0.05, 0.1) is 0 Å². The minimum Gasteiger partial charge on any atom is -0.316 e. The van der Waals surface area contributed by atoms with Gasteiger partial charge in [0.1, 0.15) is 5.69 Å². The number of aryl methyl sites for hydroxylation is 1. The van der Waals surface area contributed by atoms with E-state index in [2.05, 4.69) is 55.8 Å². The summed E-state index contributed by atoms with van der Waals surface area (Å²) in [6.45, 7) is 0.880. The van der Waals surface area contributed by atoms with Gasteiger partial charge in [-0.2, -0.15) is 0 Å². The van der Waals surface area contributed by atoms with E-state index in [4.69, 9.17) is 0 Å². The number of rotatable bonds is 3. The minimum absolute atomic E-state index is 0.774. The zero-order valence-corrected chi connectivity index (χ0v) is 10.8. The fourth-order valence-electron chi connectivity index (χ4n) is 1.62. The molecule has 0 aliphatic carbocycles. The smallest absolute Gasteiger partial charge is 0.156 e. The fourth-order valence-corrected chi connectivity index (χ4v) is 2.18. The summed E-state index contributed by atoms with van der Waals surface area (Å²) in [6.07, 6.45) is 0. The molecule has 1 aromatic carbocycles. The Hall–Kier alpha value is -1.20. The minimum atomic E-state index is 0.774. The molecule has 16 heavy (non-hydrogen) atoms. The lowest BCUT2D eigenvalue weighted by Crippen LogP contribution is -2.04. The van der Waals surface area contributed by atoms with E-state index in [-0.39, 0.29) is 0 Å². The first kappa shape index (κ1) is 11.3. The largest absolute Gasteiger partial charge is 0.316 e. The maximum absolute atomic E-state index is 3.97. The van der Waals surface area contributed by atoms with Gasteiger partial charge in [-0.3, -0.25) is 0 Å². The molecule has 0 amide bonds. The first-order valence-corrected chi connectivity index (χ1v) is 5.80. The van der Waals surface area contributed by atoms with Gasteiger partial charge in [0.15, 0.2) is 4.60 Å². The lowest BCUT2D eigenvalue weighted by molar-refractivity contribution is 0.720. The van der Waals surface area contributed by atoms with Gasteiger partial charge < -0.3 is 5.32 Å². The van der Waals surface area contributed by atoms with Crippen molar-refractivity contribution in [1.82, 2.24) is 20.3 Å². The summed E-state index contributed by atoms with van der Waals surface area (Å²) >= 11 is 3.40. The van der Waals surface area contributed by atoms with Crippen LogP contribution in [-0.4, -0.2) is 22.0 Å². The molecule has 0 bridgehead atoms. The summed E-state index contributed by atoms with van der Waals surface area (Å²) in [5.74, 6) is 0.